The molecule has 0 spiro atoms. The molecular formula is C12H23-. The zero-order valence-electron chi connectivity index (χ0n) is 8.68. The Morgan fingerprint density at radius 1 is 1.33 bits per heavy atom. The van der Waals surface area contributed by atoms with Crippen molar-refractivity contribution in [3.05, 3.63) is 19.1 Å². The van der Waals surface area contributed by atoms with E-state index in [1.807, 2.05) is 6.08 Å². The summed E-state index contributed by atoms with van der Waals surface area (Å²) >= 11 is 0. The van der Waals surface area contributed by atoms with Crippen LogP contribution in [0.15, 0.2) is 12.7 Å². The number of allylic oxidation sites excluding steroid dienone is 1. The standard InChI is InChI=1S/C12H23/c1-4-6-7-8-9-11-12(3)10-5-2/h4,6,12H,1,5,7-11H2,2-3H3/q-1. The maximum atomic E-state index is 3.67. The van der Waals surface area contributed by atoms with E-state index in [9.17, 15) is 0 Å². The smallest absolute Gasteiger partial charge is 0.0443 e. The van der Waals surface area contributed by atoms with Crippen LogP contribution in [0.3, 0.4) is 0 Å². The molecule has 0 aliphatic carbocycles. The minimum Gasteiger partial charge on any atom is -0.245 e. The van der Waals surface area contributed by atoms with Crippen LogP contribution in [-0.2, 0) is 0 Å². The Morgan fingerprint density at radius 2 is 2.08 bits per heavy atom. The minimum absolute atomic E-state index is 0.929. The lowest BCUT2D eigenvalue weighted by Crippen LogP contribution is -1.93. The molecule has 0 aliphatic heterocycles. The lowest BCUT2D eigenvalue weighted by Gasteiger charge is -2.09. The van der Waals surface area contributed by atoms with E-state index in [2.05, 4.69) is 26.8 Å². The molecule has 1 atom stereocenters. The summed E-state index contributed by atoms with van der Waals surface area (Å²) in [6.45, 7) is 8.29. The fourth-order valence-corrected chi connectivity index (χ4v) is 1.51. The molecule has 0 saturated carbocycles. The van der Waals surface area contributed by atoms with E-state index in [-0.39, 0.29) is 0 Å². The predicted octanol–water partition coefficient (Wildman–Crippen LogP) is 4.37. The highest BCUT2D eigenvalue weighted by atomic mass is 14.0. The largest absolute Gasteiger partial charge is 0.245 e. The topological polar surface area (TPSA) is 0 Å². The molecule has 0 aromatic rings. The van der Waals surface area contributed by atoms with Gasteiger partial charge in [-0.3, -0.25) is 0 Å². The number of rotatable bonds is 8. The molecule has 0 amide bonds. The van der Waals surface area contributed by atoms with E-state index in [0.29, 0.717) is 0 Å². The molecule has 0 heteroatoms. The molecule has 0 N–H and O–H groups in total. The second-order valence-electron chi connectivity index (χ2n) is 3.65. The van der Waals surface area contributed by atoms with Gasteiger partial charge in [0.15, 0.2) is 0 Å². The van der Waals surface area contributed by atoms with Crippen LogP contribution in [0.1, 0.15) is 52.4 Å². The van der Waals surface area contributed by atoms with Crippen molar-refractivity contribution in [2.75, 3.05) is 0 Å². The van der Waals surface area contributed by atoms with Crippen LogP contribution in [0.4, 0.5) is 0 Å². The van der Waals surface area contributed by atoms with Gasteiger partial charge in [-0.05, 0) is 5.92 Å². The third-order valence-corrected chi connectivity index (χ3v) is 2.27. The van der Waals surface area contributed by atoms with Gasteiger partial charge in [0, 0.05) is 0 Å². The van der Waals surface area contributed by atoms with Crippen molar-refractivity contribution in [3.8, 4) is 0 Å². The zero-order valence-corrected chi connectivity index (χ0v) is 8.68. The Kier molecular flexibility index (Phi) is 8.42. The maximum absolute atomic E-state index is 3.67. The summed E-state index contributed by atoms with van der Waals surface area (Å²) in [7, 11) is 0. The van der Waals surface area contributed by atoms with E-state index in [0.717, 1.165) is 5.92 Å². The molecule has 0 fully saturated rings. The molecule has 0 aliphatic rings. The fourth-order valence-electron chi connectivity index (χ4n) is 1.51. The predicted molar refractivity (Wildman–Crippen MR) is 57.0 cm³/mol. The van der Waals surface area contributed by atoms with E-state index in [1.165, 1.54) is 38.5 Å². The maximum Gasteiger partial charge on any atom is -0.0443 e. The third-order valence-electron chi connectivity index (χ3n) is 2.27. The summed E-state index contributed by atoms with van der Waals surface area (Å²) in [5.74, 6) is 0.929. The molecule has 72 valence electrons. The Labute approximate surface area is 78.1 Å². The van der Waals surface area contributed by atoms with E-state index < -0.39 is 0 Å². The Hall–Kier alpha value is -0.390. The summed E-state index contributed by atoms with van der Waals surface area (Å²) in [6.07, 6.45) is 12.1. The summed E-state index contributed by atoms with van der Waals surface area (Å²) in [5.41, 5.74) is 0. The number of hydrogen-bond donors (Lipinski definition) is 0. The van der Waals surface area contributed by atoms with E-state index in [1.54, 1.807) is 0 Å². The van der Waals surface area contributed by atoms with Gasteiger partial charge >= 0.3 is 0 Å². The fraction of sp³-hybridized carbons (Fsp3) is 0.750. The van der Waals surface area contributed by atoms with Crippen LogP contribution in [0, 0.1) is 12.3 Å². The molecule has 0 heterocycles. The van der Waals surface area contributed by atoms with Gasteiger partial charge in [0.25, 0.3) is 0 Å². The van der Waals surface area contributed by atoms with Crippen LogP contribution in [0.25, 0.3) is 0 Å². The van der Waals surface area contributed by atoms with E-state index in [4.69, 9.17) is 0 Å². The Bertz CT molecular complexity index is 94.2. The molecule has 0 saturated heterocycles. The Balaban J connectivity index is 3.02. The quantitative estimate of drug-likeness (QED) is 0.372. The summed E-state index contributed by atoms with van der Waals surface area (Å²) < 4.78 is 0. The highest BCUT2D eigenvalue weighted by molar-refractivity contribution is 4.85. The van der Waals surface area contributed by atoms with Crippen LogP contribution in [0.5, 0.6) is 0 Å². The van der Waals surface area contributed by atoms with Crippen molar-refractivity contribution in [2.24, 2.45) is 5.92 Å². The summed E-state index contributed by atoms with van der Waals surface area (Å²) in [6, 6.07) is 0. The van der Waals surface area contributed by atoms with E-state index >= 15 is 0 Å². The average Bonchev–Trinajstić information content (AvgIpc) is 2.05. The Morgan fingerprint density at radius 3 is 2.67 bits per heavy atom. The van der Waals surface area contributed by atoms with Gasteiger partial charge in [-0.2, -0.15) is 0 Å². The van der Waals surface area contributed by atoms with Crippen molar-refractivity contribution < 1.29 is 0 Å². The van der Waals surface area contributed by atoms with Gasteiger partial charge in [0.1, 0.15) is 0 Å². The highest BCUT2D eigenvalue weighted by Gasteiger charge is 1.98. The van der Waals surface area contributed by atoms with Crippen LogP contribution >= 0.6 is 0 Å². The van der Waals surface area contributed by atoms with Crippen molar-refractivity contribution in [2.45, 2.75) is 52.4 Å². The number of unbranched alkanes of at least 4 members (excludes halogenated alkanes) is 3. The first-order chi connectivity index (χ1) is 5.81. The van der Waals surface area contributed by atoms with Crippen molar-refractivity contribution in [1.29, 1.82) is 0 Å². The molecule has 12 heavy (non-hydrogen) atoms. The summed E-state index contributed by atoms with van der Waals surface area (Å²) in [4.78, 5) is 0. The van der Waals surface area contributed by atoms with Gasteiger partial charge in [-0.15, -0.1) is 6.42 Å². The molecule has 0 bridgehead atoms. The third kappa shape index (κ3) is 7.71. The lowest BCUT2D eigenvalue weighted by molar-refractivity contribution is 0.461. The van der Waals surface area contributed by atoms with Crippen LogP contribution < -0.4 is 0 Å². The molecule has 1 unspecified atom stereocenters. The highest BCUT2D eigenvalue weighted by Crippen LogP contribution is 2.14. The first-order valence-corrected chi connectivity index (χ1v) is 5.25. The average molecular weight is 167 g/mol. The van der Waals surface area contributed by atoms with Gasteiger partial charge in [-0.1, -0.05) is 46.0 Å². The van der Waals surface area contributed by atoms with Gasteiger partial charge in [-0.25, -0.2) is 19.1 Å². The molecule has 0 nitrogen and oxygen atoms in total. The van der Waals surface area contributed by atoms with Crippen molar-refractivity contribution in [1.82, 2.24) is 0 Å². The molecule has 0 aromatic carbocycles. The second-order valence-corrected chi connectivity index (χ2v) is 3.65. The van der Waals surface area contributed by atoms with Crippen molar-refractivity contribution in [3.63, 3.8) is 0 Å². The van der Waals surface area contributed by atoms with Crippen LogP contribution in [-0.4, -0.2) is 0 Å². The van der Waals surface area contributed by atoms with Crippen molar-refractivity contribution >= 4 is 0 Å². The second kappa shape index (κ2) is 8.70. The summed E-state index contributed by atoms with van der Waals surface area (Å²) in [5, 5.41) is 0. The molecule has 0 aromatic heterocycles. The van der Waals surface area contributed by atoms with Gasteiger partial charge in [0.2, 0.25) is 0 Å². The number of hydrogen-bond acceptors (Lipinski definition) is 0. The zero-order chi connectivity index (χ0) is 9.23. The SMILES string of the molecule is C=C[CH-]CCCCC(C)CCC. The first kappa shape index (κ1) is 11.6. The minimum atomic E-state index is 0.929. The monoisotopic (exact) mass is 167 g/mol. The molecule has 0 radical (unpaired) electrons. The lowest BCUT2D eigenvalue weighted by atomic mass is 9.98. The van der Waals surface area contributed by atoms with Crippen LogP contribution in [0.2, 0.25) is 0 Å². The van der Waals surface area contributed by atoms with Gasteiger partial charge in [0.05, 0.1) is 0 Å². The molecule has 0 rings (SSSR count). The first-order valence-electron chi connectivity index (χ1n) is 5.25. The normalized spacial score (nSPS) is 12.5. The molecular weight excluding hydrogens is 144 g/mol. The van der Waals surface area contributed by atoms with Gasteiger partial charge < -0.3 is 0 Å².